The molecule has 9 heavy (non-hydrogen) atoms. The fourth-order valence-electron chi connectivity index (χ4n) is 1.04. The molecule has 0 spiro atoms. The van der Waals surface area contributed by atoms with Crippen LogP contribution in [0.15, 0.2) is 0 Å². The van der Waals surface area contributed by atoms with E-state index in [0.717, 1.165) is 15.7 Å². The highest BCUT2D eigenvalue weighted by molar-refractivity contribution is 8.08. The summed E-state index contributed by atoms with van der Waals surface area (Å²) in [7, 11) is 0. The highest BCUT2D eigenvalue weighted by Crippen LogP contribution is 2.48. The summed E-state index contributed by atoms with van der Waals surface area (Å²) >= 11 is 6.04. The van der Waals surface area contributed by atoms with Crippen LogP contribution in [0, 0.1) is 0 Å². The standard InChI is InChI=1S/C6H12S3/c1-7-4-5(8-2)6(4)9-3/h4-6H,1-3H3. The SMILES string of the molecule is CSC1C(SC)C1SC. The van der Waals surface area contributed by atoms with Crippen LogP contribution in [-0.4, -0.2) is 34.5 Å². The van der Waals surface area contributed by atoms with Gasteiger partial charge >= 0.3 is 0 Å². The largest absolute Gasteiger partial charge is 0.160 e. The van der Waals surface area contributed by atoms with E-state index in [0.29, 0.717) is 0 Å². The van der Waals surface area contributed by atoms with Crippen molar-refractivity contribution in [1.29, 1.82) is 0 Å². The second-order valence-corrected chi connectivity index (χ2v) is 5.15. The summed E-state index contributed by atoms with van der Waals surface area (Å²) in [5.41, 5.74) is 0. The molecule has 0 nitrogen and oxygen atoms in total. The molecule has 0 aromatic carbocycles. The van der Waals surface area contributed by atoms with Crippen molar-refractivity contribution in [3.05, 3.63) is 0 Å². The van der Waals surface area contributed by atoms with Gasteiger partial charge in [-0.1, -0.05) is 0 Å². The molecule has 0 aliphatic heterocycles. The maximum Gasteiger partial charge on any atom is 0.0304 e. The lowest BCUT2D eigenvalue weighted by Gasteiger charge is -1.85. The fourth-order valence-corrected chi connectivity index (χ4v) is 5.69. The van der Waals surface area contributed by atoms with Crippen molar-refractivity contribution >= 4 is 35.3 Å². The Hall–Kier alpha value is 1.05. The van der Waals surface area contributed by atoms with Crippen molar-refractivity contribution in [2.75, 3.05) is 18.8 Å². The van der Waals surface area contributed by atoms with Gasteiger partial charge in [0.25, 0.3) is 0 Å². The Morgan fingerprint density at radius 2 is 0.889 bits per heavy atom. The molecule has 1 saturated carbocycles. The van der Waals surface area contributed by atoms with E-state index in [1.54, 1.807) is 0 Å². The van der Waals surface area contributed by atoms with Gasteiger partial charge in [0.2, 0.25) is 0 Å². The Labute approximate surface area is 69.9 Å². The van der Waals surface area contributed by atoms with E-state index < -0.39 is 0 Å². The van der Waals surface area contributed by atoms with Crippen molar-refractivity contribution < 1.29 is 0 Å². The lowest BCUT2D eigenvalue weighted by Crippen LogP contribution is -1.77. The van der Waals surface area contributed by atoms with Gasteiger partial charge < -0.3 is 0 Å². The number of hydrogen-bond acceptors (Lipinski definition) is 3. The molecule has 1 rings (SSSR count). The van der Waals surface area contributed by atoms with Crippen molar-refractivity contribution in [3.8, 4) is 0 Å². The Morgan fingerprint density at radius 3 is 1.00 bits per heavy atom. The summed E-state index contributed by atoms with van der Waals surface area (Å²) < 4.78 is 0. The van der Waals surface area contributed by atoms with Crippen LogP contribution in [0.1, 0.15) is 0 Å². The summed E-state index contributed by atoms with van der Waals surface area (Å²) in [5.74, 6) is 0. The first kappa shape index (κ1) is 8.15. The Balaban J connectivity index is 2.26. The summed E-state index contributed by atoms with van der Waals surface area (Å²) in [6.07, 6.45) is 6.64. The Morgan fingerprint density at radius 1 is 0.667 bits per heavy atom. The first-order chi connectivity index (χ1) is 4.35. The van der Waals surface area contributed by atoms with Gasteiger partial charge in [-0.05, 0) is 18.8 Å². The van der Waals surface area contributed by atoms with E-state index in [9.17, 15) is 0 Å². The molecule has 1 fully saturated rings. The van der Waals surface area contributed by atoms with Crippen LogP contribution in [-0.2, 0) is 0 Å². The van der Waals surface area contributed by atoms with Gasteiger partial charge in [0, 0.05) is 15.7 Å². The second kappa shape index (κ2) is 3.44. The predicted molar refractivity (Wildman–Crippen MR) is 51.9 cm³/mol. The van der Waals surface area contributed by atoms with Crippen LogP contribution in [0.5, 0.6) is 0 Å². The Kier molecular flexibility index (Phi) is 3.12. The predicted octanol–water partition coefficient (Wildman–Crippen LogP) is 2.19. The quantitative estimate of drug-likeness (QED) is 0.653. The fraction of sp³-hybridized carbons (Fsp3) is 1.00. The summed E-state index contributed by atoms with van der Waals surface area (Å²) in [6.45, 7) is 0. The average molecular weight is 180 g/mol. The molecular weight excluding hydrogens is 168 g/mol. The molecule has 0 aromatic rings. The first-order valence-corrected chi connectivity index (χ1v) is 6.80. The third kappa shape index (κ3) is 1.55. The highest BCUT2D eigenvalue weighted by Gasteiger charge is 2.48. The zero-order valence-corrected chi connectivity index (χ0v) is 8.41. The third-order valence-corrected chi connectivity index (χ3v) is 5.56. The van der Waals surface area contributed by atoms with Crippen molar-refractivity contribution in [3.63, 3.8) is 0 Å². The monoisotopic (exact) mass is 180 g/mol. The lowest BCUT2D eigenvalue weighted by atomic mass is 11.0. The molecule has 1 aliphatic rings. The van der Waals surface area contributed by atoms with Gasteiger partial charge in [0.1, 0.15) is 0 Å². The summed E-state index contributed by atoms with van der Waals surface area (Å²) in [6, 6.07) is 0. The maximum absolute atomic E-state index is 2.21. The number of rotatable bonds is 3. The Bertz CT molecular complexity index is 69.3. The highest BCUT2D eigenvalue weighted by atomic mass is 32.2. The number of hydrogen-bond donors (Lipinski definition) is 0. The molecule has 0 aromatic heterocycles. The smallest absolute Gasteiger partial charge is 0.0304 e. The van der Waals surface area contributed by atoms with Gasteiger partial charge in [-0.25, -0.2) is 0 Å². The van der Waals surface area contributed by atoms with Crippen molar-refractivity contribution in [1.82, 2.24) is 0 Å². The van der Waals surface area contributed by atoms with E-state index in [4.69, 9.17) is 0 Å². The van der Waals surface area contributed by atoms with Gasteiger partial charge in [-0.3, -0.25) is 0 Å². The van der Waals surface area contributed by atoms with Crippen LogP contribution in [0.2, 0.25) is 0 Å². The van der Waals surface area contributed by atoms with Gasteiger partial charge in [-0.15, -0.1) is 0 Å². The van der Waals surface area contributed by atoms with Gasteiger partial charge in [0.05, 0.1) is 0 Å². The van der Waals surface area contributed by atoms with Crippen LogP contribution in [0.4, 0.5) is 0 Å². The average Bonchev–Trinajstić information content (AvgIpc) is 2.59. The topological polar surface area (TPSA) is 0 Å². The van der Waals surface area contributed by atoms with Crippen molar-refractivity contribution in [2.24, 2.45) is 0 Å². The molecule has 3 heteroatoms. The summed E-state index contributed by atoms with van der Waals surface area (Å²) in [4.78, 5) is 0. The third-order valence-electron chi connectivity index (χ3n) is 1.65. The molecule has 0 heterocycles. The van der Waals surface area contributed by atoms with E-state index >= 15 is 0 Å². The van der Waals surface area contributed by atoms with Crippen LogP contribution in [0.3, 0.4) is 0 Å². The minimum atomic E-state index is 0.940. The van der Waals surface area contributed by atoms with Crippen LogP contribution < -0.4 is 0 Å². The molecule has 0 saturated heterocycles. The first-order valence-electron chi connectivity index (χ1n) is 2.93. The molecule has 0 bridgehead atoms. The van der Waals surface area contributed by atoms with E-state index in [1.165, 1.54) is 0 Å². The normalized spacial score (nSPS) is 41.0. The summed E-state index contributed by atoms with van der Waals surface area (Å²) in [5, 5.41) is 2.82. The lowest BCUT2D eigenvalue weighted by molar-refractivity contribution is 1.54. The minimum Gasteiger partial charge on any atom is -0.160 e. The zero-order valence-electron chi connectivity index (χ0n) is 5.96. The molecule has 0 unspecified atom stereocenters. The van der Waals surface area contributed by atoms with Gasteiger partial charge in [0.15, 0.2) is 0 Å². The number of thioether (sulfide) groups is 3. The van der Waals surface area contributed by atoms with Crippen LogP contribution >= 0.6 is 35.3 Å². The zero-order chi connectivity index (χ0) is 6.85. The van der Waals surface area contributed by atoms with E-state index in [-0.39, 0.29) is 0 Å². The molecule has 0 atom stereocenters. The second-order valence-electron chi connectivity index (χ2n) is 2.10. The molecule has 0 radical (unpaired) electrons. The molecule has 54 valence electrons. The minimum absolute atomic E-state index is 0.940. The molecule has 1 aliphatic carbocycles. The molecule has 0 amide bonds. The molecule has 0 N–H and O–H groups in total. The van der Waals surface area contributed by atoms with Crippen LogP contribution in [0.25, 0.3) is 0 Å². The van der Waals surface area contributed by atoms with Gasteiger partial charge in [-0.2, -0.15) is 35.3 Å². The van der Waals surface area contributed by atoms with E-state index in [1.807, 2.05) is 35.3 Å². The maximum atomic E-state index is 2.21. The van der Waals surface area contributed by atoms with Crippen molar-refractivity contribution in [2.45, 2.75) is 15.7 Å². The molecular formula is C6H12S3. The van der Waals surface area contributed by atoms with E-state index in [2.05, 4.69) is 18.8 Å².